The predicted molar refractivity (Wildman–Crippen MR) is 72.7 cm³/mol. The maximum atomic E-state index is 12.3. The number of carbonyl (C=O) groups is 2. The summed E-state index contributed by atoms with van der Waals surface area (Å²) in [7, 11) is 0. The van der Waals surface area contributed by atoms with Crippen LogP contribution in [0, 0.1) is 0 Å². The number of aliphatic hydroxyl groups is 1. The molecule has 0 atom stereocenters. The molecule has 0 saturated heterocycles. The molecule has 20 heavy (non-hydrogen) atoms. The van der Waals surface area contributed by atoms with Gasteiger partial charge in [-0.3, -0.25) is 9.59 Å². The number of thiophene rings is 1. The van der Waals surface area contributed by atoms with Gasteiger partial charge in [0, 0.05) is 18.2 Å². The number of aromatic nitrogens is 3. The number of ketones is 2. The molecule has 102 valence electrons. The van der Waals surface area contributed by atoms with E-state index in [1.54, 1.807) is 17.6 Å². The molecule has 3 rings (SSSR count). The number of aryl methyl sites for hydroxylation is 1. The Kier molecular flexibility index (Phi) is 3.29. The highest BCUT2D eigenvalue weighted by atomic mass is 32.1. The van der Waals surface area contributed by atoms with E-state index in [0.717, 1.165) is 0 Å². The van der Waals surface area contributed by atoms with E-state index in [9.17, 15) is 9.59 Å². The molecule has 0 radical (unpaired) electrons. The summed E-state index contributed by atoms with van der Waals surface area (Å²) in [5, 5.41) is 18.3. The molecule has 0 spiro atoms. The first-order valence-electron chi connectivity index (χ1n) is 6.11. The summed E-state index contributed by atoms with van der Waals surface area (Å²) in [5.74, 6) is -0.406. The fraction of sp³-hybridized carbons (Fsp3) is 0.231. The molecule has 0 bridgehead atoms. The topological polar surface area (TPSA) is 85.1 Å². The average molecular weight is 289 g/mol. The number of carbonyl (C=O) groups excluding carboxylic acids is 2. The minimum atomic E-state index is -0.223. The lowest BCUT2D eigenvalue weighted by molar-refractivity contribution is 0.1000. The van der Waals surface area contributed by atoms with Crippen molar-refractivity contribution in [1.29, 1.82) is 0 Å². The minimum Gasteiger partial charge on any atom is -0.396 e. The van der Waals surface area contributed by atoms with Crippen molar-refractivity contribution in [1.82, 2.24) is 15.0 Å². The van der Waals surface area contributed by atoms with E-state index in [1.807, 2.05) is 0 Å². The summed E-state index contributed by atoms with van der Waals surface area (Å²) < 4.78 is 1.33. The summed E-state index contributed by atoms with van der Waals surface area (Å²) in [4.78, 5) is 24.7. The van der Waals surface area contributed by atoms with Gasteiger partial charge in [-0.05, 0) is 24.3 Å². The Morgan fingerprint density at radius 2 is 2.20 bits per heavy atom. The number of hydrogen-bond donors (Lipinski definition) is 1. The minimum absolute atomic E-state index is 0.0746. The van der Waals surface area contributed by atoms with E-state index >= 15 is 0 Å². The molecule has 0 saturated carbocycles. The van der Waals surface area contributed by atoms with Crippen molar-refractivity contribution in [3.8, 4) is 0 Å². The Labute approximate surface area is 118 Å². The molecule has 1 aliphatic rings. The molecule has 2 aromatic heterocycles. The van der Waals surface area contributed by atoms with Crippen molar-refractivity contribution in [3.63, 3.8) is 0 Å². The molecule has 2 aromatic rings. The first kappa shape index (κ1) is 12.9. The Bertz CT molecular complexity index is 714. The quantitative estimate of drug-likeness (QED) is 0.913. The number of allylic oxidation sites excluding steroid dienone is 2. The van der Waals surface area contributed by atoms with E-state index < -0.39 is 0 Å². The maximum Gasteiger partial charge on any atom is 0.213 e. The lowest BCUT2D eigenvalue weighted by Crippen LogP contribution is -2.18. The summed E-state index contributed by atoms with van der Waals surface area (Å²) in [5.41, 5.74) is 1.31. The van der Waals surface area contributed by atoms with Crippen LogP contribution in [0.15, 0.2) is 23.7 Å². The Morgan fingerprint density at radius 3 is 3.00 bits per heavy atom. The second kappa shape index (κ2) is 5.10. The molecule has 1 aliphatic carbocycles. The van der Waals surface area contributed by atoms with Crippen LogP contribution in [0.1, 0.15) is 32.1 Å². The predicted octanol–water partition coefficient (Wildman–Crippen LogP) is 1.18. The van der Waals surface area contributed by atoms with E-state index in [1.165, 1.54) is 22.1 Å². The smallest absolute Gasteiger partial charge is 0.213 e. The zero-order valence-electron chi connectivity index (χ0n) is 10.4. The highest BCUT2D eigenvalue weighted by Gasteiger charge is 2.28. The van der Waals surface area contributed by atoms with Gasteiger partial charge < -0.3 is 5.11 Å². The van der Waals surface area contributed by atoms with E-state index in [2.05, 4.69) is 10.3 Å². The van der Waals surface area contributed by atoms with Gasteiger partial charge in [0.25, 0.3) is 0 Å². The molecule has 1 N–H and O–H groups in total. The molecule has 2 heterocycles. The van der Waals surface area contributed by atoms with Crippen molar-refractivity contribution in [2.45, 2.75) is 12.8 Å². The van der Waals surface area contributed by atoms with Gasteiger partial charge >= 0.3 is 0 Å². The normalized spacial score (nSPS) is 14.3. The van der Waals surface area contributed by atoms with Crippen molar-refractivity contribution < 1.29 is 14.7 Å². The molecule has 0 unspecified atom stereocenters. The van der Waals surface area contributed by atoms with Gasteiger partial charge in [0.1, 0.15) is 5.70 Å². The third-order valence-electron chi connectivity index (χ3n) is 3.01. The summed E-state index contributed by atoms with van der Waals surface area (Å²) in [6.07, 6.45) is 4.07. The fourth-order valence-corrected chi connectivity index (χ4v) is 2.84. The maximum absolute atomic E-state index is 12.3. The second-order valence-corrected chi connectivity index (χ2v) is 5.28. The van der Waals surface area contributed by atoms with Crippen molar-refractivity contribution in [3.05, 3.63) is 39.9 Å². The van der Waals surface area contributed by atoms with Crippen LogP contribution in [0.2, 0.25) is 0 Å². The van der Waals surface area contributed by atoms with Gasteiger partial charge in [0.15, 0.2) is 5.78 Å². The molecular formula is C13H11N3O3S. The molecular weight excluding hydrogens is 278 g/mol. The van der Waals surface area contributed by atoms with Crippen LogP contribution in [0.25, 0.3) is 5.70 Å². The standard InChI is InChI=1S/C13H11N3O3S/c17-4-1-2-8-7-16(15-14-8)10-6-11(18)13-9(12(10)19)3-5-20-13/h3,5-7,17H,1-2,4H2. The molecule has 7 heteroatoms. The summed E-state index contributed by atoms with van der Waals surface area (Å²) >= 11 is 1.26. The first-order valence-corrected chi connectivity index (χ1v) is 6.99. The number of fused-ring (bicyclic) bond motifs is 1. The van der Waals surface area contributed by atoms with Crippen LogP contribution in [-0.4, -0.2) is 38.3 Å². The van der Waals surface area contributed by atoms with Gasteiger partial charge in [-0.15, -0.1) is 16.4 Å². The highest BCUT2D eigenvalue weighted by molar-refractivity contribution is 7.12. The van der Waals surface area contributed by atoms with E-state index in [-0.39, 0.29) is 23.9 Å². The second-order valence-electron chi connectivity index (χ2n) is 4.37. The Hall–Kier alpha value is -2.12. The monoisotopic (exact) mass is 289 g/mol. The van der Waals surface area contributed by atoms with Gasteiger partial charge in [-0.2, -0.15) is 0 Å². The van der Waals surface area contributed by atoms with E-state index in [0.29, 0.717) is 29.0 Å². The fourth-order valence-electron chi connectivity index (χ4n) is 2.03. The number of Topliss-reactive ketones (excluding diaryl/α,β-unsaturated/α-hetero) is 1. The lowest BCUT2D eigenvalue weighted by Gasteiger charge is -2.10. The van der Waals surface area contributed by atoms with Crippen molar-refractivity contribution >= 4 is 28.6 Å². The Balaban J connectivity index is 1.92. The van der Waals surface area contributed by atoms with Gasteiger partial charge in [0.05, 0.1) is 16.8 Å². The van der Waals surface area contributed by atoms with Crippen LogP contribution in [0.5, 0.6) is 0 Å². The number of aliphatic hydroxyl groups excluding tert-OH is 1. The molecule has 0 amide bonds. The van der Waals surface area contributed by atoms with E-state index in [4.69, 9.17) is 5.11 Å². The van der Waals surface area contributed by atoms with Gasteiger partial charge in [-0.25, -0.2) is 4.68 Å². The number of hydrogen-bond acceptors (Lipinski definition) is 6. The summed E-state index contributed by atoms with van der Waals surface area (Å²) in [6, 6.07) is 1.65. The zero-order chi connectivity index (χ0) is 14.1. The third-order valence-corrected chi connectivity index (χ3v) is 3.94. The van der Waals surface area contributed by atoms with Crippen molar-refractivity contribution in [2.75, 3.05) is 6.61 Å². The highest BCUT2D eigenvalue weighted by Crippen LogP contribution is 2.27. The van der Waals surface area contributed by atoms with Crippen LogP contribution in [-0.2, 0) is 6.42 Å². The van der Waals surface area contributed by atoms with Crippen molar-refractivity contribution in [2.24, 2.45) is 0 Å². The van der Waals surface area contributed by atoms with Crippen LogP contribution >= 0.6 is 11.3 Å². The first-order chi connectivity index (χ1) is 9.70. The number of rotatable bonds is 4. The summed E-state index contributed by atoms with van der Waals surface area (Å²) in [6.45, 7) is 0.0746. The molecule has 0 aliphatic heterocycles. The SMILES string of the molecule is O=C1C(n2cc(CCCO)nn2)=CC(=O)c2sccc21. The average Bonchev–Trinajstić information content (AvgIpc) is 3.09. The lowest BCUT2D eigenvalue weighted by atomic mass is 10.0. The largest absolute Gasteiger partial charge is 0.396 e. The zero-order valence-corrected chi connectivity index (χ0v) is 11.3. The third kappa shape index (κ3) is 2.10. The number of nitrogens with zero attached hydrogens (tertiary/aromatic N) is 3. The van der Waals surface area contributed by atoms with Crippen LogP contribution in [0.3, 0.4) is 0 Å². The van der Waals surface area contributed by atoms with Crippen LogP contribution in [0.4, 0.5) is 0 Å². The molecule has 6 nitrogen and oxygen atoms in total. The van der Waals surface area contributed by atoms with Gasteiger partial charge in [0.2, 0.25) is 5.78 Å². The Morgan fingerprint density at radius 1 is 1.35 bits per heavy atom. The van der Waals surface area contributed by atoms with Gasteiger partial charge in [-0.1, -0.05) is 5.21 Å². The molecule has 0 aromatic carbocycles. The molecule has 0 fully saturated rings. The van der Waals surface area contributed by atoms with Crippen LogP contribution < -0.4 is 0 Å².